The standard InChI is InChI=1S/C25H22N2O3/c1-16-9-12-21-15-19(10-13-22(16)21)11-14-23-24(17(2)27-30-23)26-25(28)29-18(3)20-7-5-4-6-8-20/h4-10,13,15,18H,12H2,1-3H3,(H,26,28). The highest BCUT2D eigenvalue weighted by Crippen LogP contribution is 2.27. The molecular formula is C25H22N2O3. The lowest BCUT2D eigenvalue weighted by Crippen LogP contribution is -2.16. The number of aromatic nitrogens is 1. The van der Waals surface area contributed by atoms with Gasteiger partial charge in [0, 0.05) is 5.56 Å². The van der Waals surface area contributed by atoms with E-state index in [9.17, 15) is 4.79 Å². The predicted molar refractivity (Wildman–Crippen MR) is 116 cm³/mol. The molecule has 2 aromatic carbocycles. The first-order valence-electron chi connectivity index (χ1n) is 9.82. The summed E-state index contributed by atoms with van der Waals surface area (Å²) < 4.78 is 10.8. The minimum atomic E-state index is -0.584. The third-order valence-corrected chi connectivity index (χ3v) is 5.12. The highest BCUT2D eigenvalue weighted by Gasteiger charge is 2.18. The zero-order chi connectivity index (χ0) is 21.1. The van der Waals surface area contributed by atoms with Gasteiger partial charge in [0.25, 0.3) is 0 Å². The summed E-state index contributed by atoms with van der Waals surface area (Å²) in [7, 11) is 0. The van der Waals surface area contributed by atoms with Crippen LogP contribution in [0.4, 0.5) is 10.5 Å². The second kappa shape index (κ2) is 8.30. The summed E-state index contributed by atoms with van der Waals surface area (Å²) in [5.41, 5.74) is 6.60. The lowest BCUT2D eigenvalue weighted by atomic mass is 10.0. The lowest BCUT2D eigenvalue weighted by molar-refractivity contribution is 0.121. The summed E-state index contributed by atoms with van der Waals surface area (Å²) in [5, 5.41) is 6.65. The average Bonchev–Trinajstić information content (AvgIpc) is 3.29. The topological polar surface area (TPSA) is 64.4 Å². The molecule has 4 rings (SSSR count). The number of benzene rings is 2. The maximum atomic E-state index is 12.4. The SMILES string of the molecule is CC1=CCc2cc(C#Cc3onc(C)c3NC(=O)OC(C)c3ccccc3)ccc21. The van der Waals surface area contributed by atoms with Crippen molar-refractivity contribution in [3.05, 3.63) is 88.3 Å². The number of rotatable bonds is 3. The molecule has 0 radical (unpaired) electrons. The van der Waals surface area contributed by atoms with Gasteiger partial charge in [0.2, 0.25) is 5.76 Å². The molecule has 0 fully saturated rings. The summed E-state index contributed by atoms with van der Waals surface area (Å²) in [6.45, 7) is 5.68. The van der Waals surface area contributed by atoms with E-state index in [2.05, 4.69) is 47.4 Å². The smallest absolute Gasteiger partial charge is 0.412 e. The van der Waals surface area contributed by atoms with E-state index in [1.165, 1.54) is 16.7 Å². The number of allylic oxidation sites excluding steroid dienone is 2. The van der Waals surface area contributed by atoms with Gasteiger partial charge in [0.1, 0.15) is 17.5 Å². The van der Waals surface area contributed by atoms with Gasteiger partial charge in [-0.15, -0.1) is 0 Å². The molecule has 0 saturated heterocycles. The number of anilines is 1. The maximum absolute atomic E-state index is 12.4. The van der Waals surface area contributed by atoms with E-state index in [0.717, 1.165) is 17.5 Å². The number of ether oxygens (including phenoxy) is 1. The van der Waals surface area contributed by atoms with Crippen LogP contribution < -0.4 is 5.32 Å². The average molecular weight is 398 g/mol. The predicted octanol–water partition coefficient (Wildman–Crippen LogP) is 5.65. The highest BCUT2D eigenvalue weighted by molar-refractivity contribution is 5.87. The second-order valence-corrected chi connectivity index (χ2v) is 7.27. The van der Waals surface area contributed by atoms with E-state index in [1.807, 2.05) is 43.3 Å². The Morgan fingerprint density at radius 2 is 1.97 bits per heavy atom. The molecule has 3 aromatic rings. The summed E-state index contributed by atoms with van der Waals surface area (Å²) in [6, 6.07) is 15.7. The van der Waals surface area contributed by atoms with Crippen LogP contribution in [-0.2, 0) is 11.2 Å². The van der Waals surface area contributed by atoms with Crippen LogP contribution in [0.2, 0.25) is 0 Å². The van der Waals surface area contributed by atoms with Crippen LogP contribution in [0.3, 0.4) is 0 Å². The number of carbonyl (C=O) groups excluding carboxylic acids is 1. The molecule has 0 bridgehead atoms. The van der Waals surface area contributed by atoms with Crippen molar-refractivity contribution in [1.29, 1.82) is 0 Å². The quantitative estimate of drug-likeness (QED) is 0.579. The number of hydrogen-bond donors (Lipinski definition) is 1. The molecule has 1 amide bonds. The van der Waals surface area contributed by atoms with Crippen LogP contribution >= 0.6 is 0 Å². The van der Waals surface area contributed by atoms with Crippen LogP contribution in [-0.4, -0.2) is 11.2 Å². The fraction of sp³-hybridized carbons (Fsp3) is 0.200. The first-order chi connectivity index (χ1) is 14.5. The number of hydrogen-bond acceptors (Lipinski definition) is 4. The second-order valence-electron chi connectivity index (χ2n) is 7.27. The zero-order valence-electron chi connectivity index (χ0n) is 17.2. The van der Waals surface area contributed by atoms with Gasteiger partial charge in [-0.1, -0.05) is 53.6 Å². The van der Waals surface area contributed by atoms with E-state index >= 15 is 0 Å². The van der Waals surface area contributed by atoms with Crippen LogP contribution in [0, 0.1) is 18.8 Å². The number of nitrogens with one attached hydrogen (secondary N) is 1. The van der Waals surface area contributed by atoms with Gasteiger partial charge in [0.15, 0.2) is 0 Å². The molecule has 1 atom stereocenters. The minimum absolute atomic E-state index is 0.298. The van der Waals surface area contributed by atoms with Crippen molar-refractivity contribution in [1.82, 2.24) is 5.16 Å². The van der Waals surface area contributed by atoms with Crippen LogP contribution in [0.5, 0.6) is 0 Å². The van der Waals surface area contributed by atoms with E-state index in [-0.39, 0.29) is 6.10 Å². The molecule has 5 heteroatoms. The fourth-order valence-corrected chi connectivity index (χ4v) is 3.41. The Bertz CT molecular complexity index is 1180. The van der Waals surface area contributed by atoms with E-state index in [0.29, 0.717) is 17.1 Å². The molecule has 1 N–H and O–H groups in total. The number of fused-ring (bicyclic) bond motifs is 1. The van der Waals surface area contributed by atoms with Gasteiger partial charge < -0.3 is 9.26 Å². The van der Waals surface area contributed by atoms with Crippen molar-refractivity contribution in [3.8, 4) is 11.8 Å². The molecule has 1 aromatic heterocycles. The van der Waals surface area contributed by atoms with Crippen molar-refractivity contribution in [3.63, 3.8) is 0 Å². The van der Waals surface area contributed by atoms with Gasteiger partial charge in [-0.3, -0.25) is 5.32 Å². The van der Waals surface area contributed by atoms with Gasteiger partial charge in [0.05, 0.1) is 0 Å². The zero-order valence-corrected chi connectivity index (χ0v) is 17.2. The normalized spacial score (nSPS) is 13.0. The first-order valence-corrected chi connectivity index (χ1v) is 9.82. The van der Waals surface area contributed by atoms with E-state index < -0.39 is 6.09 Å². The van der Waals surface area contributed by atoms with Crippen LogP contribution in [0.15, 0.2) is 59.1 Å². The number of carbonyl (C=O) groups is 1. The van der Waals surface area contributed by atoms with Gasteiger partial charge in [-0.05, 0) is 67.5 Å². The third kappa shape index (κ3) is 4.13. The Balaban J connectivity index is 1.48. The van der Waals surface area contributed by atoms with Crippen molar-refractivity contribution < 1.29 is 14.1 Å². The van der Waals surface area contributed by atoms with E-state index in [1.54, 1.807) is 6.92 Å². The number of aryl methyl sites for hydroxylation is 1. The minimum Gasteiger partial charge on any atom is -0.441 e. The summed E-state index contributed by atoms with van der Waals surface area (Å²) in [5.74, 6) is 6.37. The molecule has 30 heavy (non-hydrogen) atoms. The summed E-state index contributed by atoms with van der Waals surface area (Å²) in [6.07, 6.45) is 2.17. The first kappa shape index (κ1) is 19.5. The van der Waals surface area contributed by atoms with Gasteiger partial charge in [-0.2, -0.15) is 0 Å². The van der Waals surface area contributed by atoms with Crippen molar-refractivity contribution in [2.45, 2.75) is 33.3 Å². The van der Waals surface area contributed by atoms with Crippen molar-refractivity contribution in [2.75, 3.05) is 5.32 Å². The Morgan fingerprint density at radius 1 is 1.17 bits per heavy atom. The molecule has 1 aliphatic rings. The monoisotopic (exact) mass is 398 g/mol. The highest BCUT2D eigenvalue weighted by atomic mass is 16.6. The molecule has 150 valence electrons. The summed E-state index contributed by atoms with van der Waals surface area (Å²) >= 11 is 0. The number of nitrogens with zero attached hydrogens (tertiary/aromatic N) is 1. The Morgan fingerprint density at radius 3 is 2.77 bits per heavy atom. The van der Waals surface area contributed by atoms with Gasteiger partial charge >= 0.3 is 6.09 Å². The fourth-order valence-electron chi connectivity index (χ4n) is 3.41. The molecule has 0 aliphatic heterocycles. The molecule has 1 unspecified atom stereocenters. The molecule has 5 nitrogen and oxygen atoms in total. The Hall–Kier alpha value is -3.78. The Kier molecular flexibility index (Phi) is 5.40. The van der Waals surface area contributed by atoms with Crippen molar-refractivity contribution >= 4 is 17.4 Å². The van der Waals surface area contributed by atoms with E-state index in [4.69, 9.17) is 9.26 Å². The van der Waals surface area contributed by atoms with Crippen LogP contribution in [0.25, 0.3) is 5.57 Å². The summed E-state index contributed by atoms with van der Waals surface area (Å²) in [4.78, 5) is 12.4. The molecule has 1 aliphatic carbocycles. The molecule has 1 heterocycles. The molecule has 0 spiro atoms. The maximum Gasteiger partial charge on any atom is 0.412 e. The molecule has 0 saturated carbocycles. The third-order valence-electron chi connectivity index (χ3n) is 5.12. The largest absolute Gasteiger partial charge is 0.441 e. The Labute approximate surface area is 175 Å². The van der Waals surface area contributed by atoms with Crippen LogP contribution in [0.1, 0.15) is 53.7 Å². The lowest BCUT2D eigenvalue weighted by Gasteiger charge is -2.13. The van der Waals surface area contributed by atoms with Crippen molar-refractivity contribution in [2.24, 2.45) is 0 Å². The number of amides is 1. The molecular weight excluding hydrogens is 376 g/mol. The van der Waals surface area contributed by atoms with Gasteiger partial charge in [-0.25, -0.2) is 4.79 Å².